The maximum absolute atomic E-state index is 13.7. The van der Waals surface area contributed by atoms with Gasteiger partial charge in [0.1, 0.15) is 12.4 Å². The number of allylic oxidation sites excluding steroid dienone is 1. The lowest BCUT2D eigenvalue weighted by Gasteiger charge is -2.24. The summed E-state index contributed by atoms with van der Waals surface area (Å²) in [6, 6.07) is 11.9. The first-order valence-corrected chi connectivity index (χ1v) is 12.6. The van der Waals surface area contributed by atoms with Gasteiger partial charge < -0.3 is 14.2 Å². The van der Waals surface area contributed by atoms with Crippen LogP contribution in [0, 0.1) is 0 Å². The zero-order valence-corrected chi connectivity index (χ0v) is 22.4. The van der Waals surface area contributed by atoms with Crippen LogP contribution in [0.2, 0.25) is 5.02 Å². The molecule has 0 saturated carbocycles. The van der Waals surface area contributed by atoms with Crippen molar-refractivity contribution in [2.24, 2.45) is 4.99 Å². The minimum Gasteiger partial charge on any atom is -0.496 e. The Morgan fingerprint density at radius 3 is 2.63 bits per heavy atom. The normalized spacial score (nSPS) is 15.6. The number of methoxy groups -OCH3 is 2. The van der Waals surface area contributed by atoms with Crippen molar-refractivity contribution in [3.8, 4) is 5.75 Å². The summed E-state index contributed by atoms with van der Waals surface area (Å²) in [7, 11) is 3.10. The van der Waals surface area contributed by atoms with Crippen LogP contribution >= 0.6 is 38.9 Å². The number of rotatable bonds is 7. The molecule has 10 heteroatoms. The lowest BCUT2D eigenvalue weighted by atomic mass is 9.96. The minimum atomic E-state index is -0.717. The van der Waals surface area contributed by atoms with E-state index in [0.29, 0.717) is 31.4 Å². The second-order valence-corrected chi connectivity index (χ2v) is 10.0. The standard InChI is InChI=1S/C25H22BrClN2O5S/c1-14-21(24(31)34-11-10-32-2)22(15-4-7-18(27)8-5-15)29-23(30)20(35-25(29)28-14)13-16-12-17(26)6-9-19(16)33-3/h4-9,12-13,22H,10-11H2,1-3H3. The fourth-order valence-corrected chi connectivity index (χ4v) is 5.34. The number of carbonyl (C=O) groups excluding carboxylic acids is 1. The smallest absolute Gasteiger partial charge is 0.338 e. The van der Waals surface area contributed by atoms with Crippen LogP contribution in [0.25, 0.3) is 6.08 Å². The average molecular weight is 578 g/mol. The molecule has 0 N–H and O–H groups in total. The van der Waals surface area contributed by atoms with Crippen LogP contribution in [-0.2, 0) is 14.3 Å². The molecular formula is C25H22BrClN2O5S. The second kappa shape index (κ2) is 10.9. The first-order chi connectivity index (χ1) is 16.8. The molecule has 4 rings (SSSR count). The van der Waals surface area contributed by atoms with Gasteiger partial charge in [0.15, 0.2) is 4.80 Å². The van der Waals surface area contributed by atoms with E-state index in [9.17, 15) is 9.59 Å². The van der Waals surface area contributed by atoms with Crippen LogP contribution in [0.15, 0.2) is 68.0 Å². The zero-order valence-electron chi connectivity index (χ0n) is 19.2. The first-order valence-electron chi connectivity index (χ1n) is 10.6. The molecule has 1 unspecified atom stereocenters. The Kier molecular flexibility index (Phi) is 7.91. The molecule has 0 saturated heterocycles. The maximum atomic E-state index is 13.7. The predicted octanol–water partition coefficient (Wildman–Crippen LogP) is 3.85. The highest BCUT2D eigenvalue weighted by Crippen LogP contribution is 2.31. The molecule has 1 aliphatic rings. The van der Waals surface area contributed by atoms with Crippen LogP contribution in [0.1, 0.15) is 24.1 Å². The van der Waals surface area contributed by atoms with Crippen molar-refractivity contribution in [2.45, 2.75) is 13.0 Å². The molecule has 0 amide bonds. The number of carbonyl (C=O) groups is 1. The lowest BCUT2D eigenvalue weighted by molar-refractivity contribution is -0.140. The van der Waals surface area contributed by atoms with E-state index in [1.807, 2.05) is 18.2 Å². The van der Waals surface area contributed by atoms with Crippen molar-refractivity contribution >= 4 is 50.9 Å². The number of hydrogen-bond donors (Lipinski definition) is 0. The minimum absolute atomic E-state index is 0.0898. The van der Waals surface area contributed by atoms with Gasteiger partial charge in [0.2, 0.25) is 0 Å². The predicted molar refractivity (Wildman–Crippen MR) is 139 cm³/mol. The third-order valence-corrected chi connectivity index (χ3v) is 7.15. The monoisotopic (exact) mass is 576 g/mol. The van der Waals surface area contributed by atoms with Gasteiger partial charge in [-0.2, -0.15) is 0 Å². The second-order valence-electron chi connectivity index (χ2n) is 7.65. The van der Waals surface area contributed by atoms with E-state index in [1.165, 1.54) is 23.0 Å². The van der Waals surface area contributed by atoms with Gasteiger partial charge in [-0.1, -0.05) is 51.0 Å². The van der Waals surface area contributed by atoms with E-state index in [2.05, 4.69) is 20.9 Å². The summed E-state index contributed by atoms with van der Waals surface area (Å²) in [4.78, 5) is 31.9. The molecule has 1 atom stereocenters. The molecule has 1 aromatic heterocycles. The van der Waals surface area contributed by atoms with E-state index >= 15 is 0 Å². The molecular weight excluding hydrogens is 556 g/mol. The highest BCUT2D eigenvalue weighted by molar-refractivity contribution is 9.10. The summed E-state index contributed by atoms with van der Waals surface area (Å²) in [6.45, 7) is 2.09. The lowest BCUT2D eigenvalue weighted by Crippen LogP contribution is -2.40. The van der Waals surface area contributed by atoms with Gasteiger partial charge in [0, 0.05) is 22.2 Å². The van der Waals surface area contributed by atoms with Crippen molar-refractivity contribution < 1.29 is 19.0 Å². The van der Waals surface area contributed by atoms with Crippen LogP contribution in [0.5, 0.6) is 5.75 Å². The van der Waals surface area contributed by atoms with Crippen LogP contribution in [-0.4, -0.2) is 38.0 Å². The van der Waals surface area contributed by atoms with Crippen LogP contribution < -0.4 is 19.6 Å². The van der Waals surface area contributed by atoms with E-state index in [0.717, 1.165) is 15.6 Å². The van der Waals surface area contributed by atoms with E-state index in [4.69, 9.17) is 25.8 Å². The molecule has 2 heterocycles. The Labute approximate surface area is 219 Å². The van der Waals surface area contributed by atoms with Gasteiger partial charge in [-0.25, -0.2) is 9.79 Å². The van der Waals surface area contributed by atoms with Gasteiger partial charge in [-0.3, -0.25) is 9.36 Å². The van der Waals surface area contributed by atoms with Gasteiger partial charge in [0.05, 0.1) is 35.6 Å². The van der Waals surface area contributed by atoms with Crippen molar-refractivity contribution in [3.63, 3.8) is 0 Å². The van der Waals surface area contributed by atoms with E-state index in [1.54, 1.807) is 44.4 Å². The molecule has 3 aromatic rings. The van der Waals surface area contributed by atoms with E-state index in [-0.39, 0.29) is 18.8 Å². The highest BCUT2D eigenvalue weighted by atomic mass is 79.9. The molecule has 1 aliphatic heterocycles. The van der Waals surface area contributed by atoms with Gasteiger partial charge in [-0.15, -0.1) is 0 Å². The number of thiazole rings is 1. The summed E-state index contributed by atoms with van der Waals surface area (Å²) in [5, 5.41) is 0.549. The number of halogens is 2. The van der Waals surface area contributed by atoms with Crippen LogP contribution in [0.4, 0.5) is 0 Å². The first kappa shape index (κ1) is 25.4. The Morgan fingerprint density at radius 1 is 1.20 bits per heavy atom. The fourth-order valence-electron chi connectivity index (χ4n) is 3.80. The number of esters is 1. The third kappa shape index (κ3) is 5.28. The Bertz CT molecular complexity index is 1480. The Morgan fingerprint density at radius 2 is 1.94 bits per heavy atom. The molecule has 0 bridgehead atoms. The molecule has 182 valence electrons. The number of hydrogen-bond acceptors (Lipinski definition) is 7. The Hall–Kier alpha value is -2.72. The number of fused-ring (bicyclic) bond motifs is 1. The molecule has 0 aliphatic carbocycles. The van der Waals surface area contributed by atoms with Gasteiger partial charge in [0.25, 0.3) is 5.56 Å². The topological polar surface area (TPSA) is 79.1 Å². The van der Waals surface area contributed by atoms with Crippen LogP contribution in [0.3, 0.4) is 0 Å². The molecule has 7 nitrogen and oxygen atoms in total. The summed E-state index contributed by atoms with van der Waals surface area (Å²) < 4.78 is 18.7. The number of ether oxygens (including phenoxy) is 3. The highest BCUT2D eigenvalue weighted by Gasteiger charge is 2.33. The molecule has 0 fully saturated rings. The summed E-state index contributed by atoms with van der Waals surface area (Å²) in [6.07, 6.45) is 1.77. The average Bonchev–Trinajstić information content (AvgIpc) is 3.13. The molecule has 2 aromatic carbocycles. The third-order valence-electron chi connectivity index (χ3n) is 5.43. The number of benzene rings is 2. The van der Waals surface area contributed by atoms with E-state index < -0.39 is 12.0 Å². The summed E-state index contributed by atoms with van der Waals surface area (Å²) >= 11 is 10.8. The Balaban J connectivity index is 1.91. The molecule has 0 spiro atoms. The van der Waals surface area contributed by atoms with Crippen molar-refractivity contribution in [1.82, 2.24) is 4.57 Å². The SMILES string of the molecule is COCCOC(=O)C1=C(C)N=c2sc(=Cc3cc(Br)ccc3OC)c(=O)n2C1c1ccc(Cl)cc1. The molecule has 0 radical (unpaired) electrons. The largest absolute Gasteiger partial charge is 0.496 e. The molecule has 35 heavy (non-hydrogen) atoms. The van der Waals surface area contributed by atoms with Crippen molar-refractivity contribution in [3.05, 3.63) is 94.0 Å². The fraction of sp³-hybridized carbons (Fsp3) is 0.240. The van der Waals surface area contributed by atoms with Crippen molar-refractivity contribution in [2.75, 3.05) is 27.4 Å². The van der Waals surface area contributed by atoms with Gasteiger partial charge in [-0.05, 0) is 48.9 Å². The number of aromatic nitrogens is 1. The number of nitrogens with zero attached hydrogens (tertiary/aromatic N) is 2. The maximum Gasteiger partial charge on any atom is 0.338 e. The van der Waals surface area contributed by atoms with Crippen molar-refractivity contribution in [1.29, 1.82) is 0 Å². The van der Waals surface area contributed by atoms with Gasteiger partial charge >= 0.3 is 5.97 Å². The summed E-state index contributed by atoms with van der Waals surface area (Å²) in [5.74, 6) is 0.0815. The summed E-state index contributed by atoms with van der Waals surface area (Å²) in [5.41, 5.74) is 1.97. The zero-order chi connectivity index (χ0) is 25.1. The quantitative estimate of drug-likeness (QED) is 0.315.